The molecule has 9 heteroatoms. The first-order valence-corrected chi connectivity index (χ1v) is 9.02. The van der Waals surface area contributed by atoms with Crippen molar-refractivity contribution < 1.29 is 22.3 Å². The van der Waals surface area contributed by atoms with Crippen LogP contribution >= 0.6 is 15.9 Å². The number of carbonyl (C=O) groups is 1. The number of nitrogens with one attached hydrogen (secondary N) is 1. The Kier molecular flexibility index (Phi) is 5.58. The van der Waals surface area contributed by atoms with Gasteiger partial charge in [-0.05, 0) is 42.8 Å². The normalized spacial score (nSPS) is 11.2. The Morgan fingerprint density at radius 2 is 2.00 bits per heavy atom. The minimum absolute atomic E-state index is 0.0671. The van der Waals surface area contributed by atoms with Crippen molar-refractivity contribution in [1.29, 1.82) is 0 Å². The second kappa shape index (κ2) is 7.29. The Morgan fingerprint density at radius 1 is 1.29 bits per heavy atom. The zero-order valence-electron chi connectivity index (χ0n) is 12.5. The van der Waals surface area contributed by atoms with Crippen LogP contribution in [0.2, 0.25) is 0 Å². The number of hydrogen-bond donors (Lipinski definition) is 2. The molecule has 2 aromatic rings. The first-order valence-electron chi connectivity index (χ1n) is 6.68. The van der Waals surface area contributed by atoms with E-state index in [2.05, 4.69) is 21.2 Å². The standard InChI is InChI=1S/C15H14BrFN2O4S/c1-9-2-4-11(7-14(9)24(18,21)22)19-15(20)8-23-13-5-3-10(16)6-12(13)17/h2-7H,8H2,1H3,(H,19,20)(H2,18,21,22). The minimum atomic E-state index is -3.89. The zero-order valence-corrected chi connectivity index (χ0v) is 14.9. The number of sulfonamides is 1. The van der Waals surface area contributed by atoms with E-state index in [-0.39, 0.29) is 16.3 Å². The third-order valence-electron chi connectivity index (χ3n) is 3.03. The molecule has 0 saturated carbocycles. The molecule has 0 aromatic heterocycles. The van der Waals surface area contributed by atoms with Crippen LogP contribution in [0.1, 0.15) is 5.56 Å². The molecule has 128 valence electrons. The summed E-state index contributed by atoms with van der Waals surface area (Å²) in [5, 5.41) is 7.58. The fourth-order valence-electron chi connectivity index (χ4n) is 1.92. The smallest absolute Gasteiger partial charge is 0.262 e. The second-order valence-electron chi connectivity index (χ2n) is 4.94. The number of rotatable bonds is 5. The lowest BCUT2D eigenvalue weighted by molar-refractivity contribution is -0.118. The maximum absolute atomic E-state index is 13.6. The minimum Gasteiger partial charge on any atom is -0.481 e. The van der Waals surface area contributed by atoms with Crippen LogP contribution in [0.15, 0.2) is 45.8 Å². The molecule has 0 spiro atoms. The molecular weight excluding hydrogens is 403 g/mol. The van der Waals surface area contributed by atoms with Crippen LogP contribution in [0, 0.1) is 12.7 Å². The first kappa shape index (κ1) is 18.4. The molecule has 0 radical (unpaired) electrons. The van der Waals surface area contributed by atoms with Crippen LogP contribution in [0.5, 0.6) is 5.75 Å². The van der Waals surface area contributed by atoms with Crippen LogP contribution < -0.4 is 15.2 Å². The lowest BCUT2D eigenvalue weighted by Gasteiger charge is -2.10. The average molecular weight is 417 g/mol. The maximum Gasteiger partial charge on any atom is 0.262 e. The molecule has 2 rings (SSSR count). The molecule has 0 aliphatic heterocycles. The summed E-state index contributed by atoms with van der Waals surface area (Å²) in [5.41, 5.74) is 0.707. The van der Waals surface area contributed by atoms with Crippen molar-refractivity contribution in [3.8, 4) is 5.75 Å². The topological polar surface area (TPSA) is 98.5 Å². The fourth-order valence-corrected chi connectivity index (χ4v) is 3.06. The van der Waals surface area contributed by atoms with Gasteiger partial charge in [-0.3, -0.25) is 4.79 Å². The van der Waals surface area contributed by atoms with Crippen molar-refractivity contribution >= 4 is 37.5 Å². The summed E-state index contributed by atoms with van der Waals surface area (Å²) < 4.78 is 42.2. The summed E-state index contributed by atoms with van der Waals surface area (Å²) in [6.45, 7) is 1.15. The fraction of sp³-hybridized carbons (Fsp3) is 0.133. The highest BCUT2D eigenvalue weighted by atomic mass is 79.9. The van der Waals surface area contributed by atoms with E-state index in [9.17, 15) is 17.6 Å². The third-order valence-corrected chi connectivity index (χ3v) is 4.58. The number of carbonyl (C=O) groups excluding carboxylic acids is 1. The number of primary sulfonamides is 1. The number of benzene rings is 2. The number of halogens is 2. The van der Waals surface area contributed by atoms with Crippen LogP contribution in [-0.4, -0.2) is 20.9 Å². The summed E-state index contributed by atoms with van der Waals surface area (Å²) in [7, 11) is -3.89. The van der Waals surface area contributed by atoms with Crippen molar-refractivity contribution in [2.24, 2.45) is 5.14 Å². The Hall–Kier alpha value is -1.97. The van der Waals surface area contributed by atoms with Crippen molar-refractivity contribution in [2.75, 3.05) is 11.9 Å². The van der Waals surface area contributed by atoms with Crippen molar-refractivity contribution in [3.63, 3.8) is 0 Å². The van der Waals surface area contributed by atoms with E-state index in [0.29, 0.717) is 10.0 Å². The SMILES string of the molecule is Cc1ccc(NC(=O)COc2ccc(Br)cc2F)cc1S(N)(=O)=O. The molecule has 6 nitrogen and oxygen atoms in total. The molecule has 2 aromatic carbocycles. The molecule has 3 N–H and O–H groups in total. The van der Waals surface area contributed by atoms with Crippen molar-refractivity contribution in [1.82, 2.24) is 0 Å². The summed E-state index contributed by atoms with van der Waals surface area (Å²) in [5.74, 6) is -1.24. The molecule has 24 heavy (non-hydrogen) atoms. The van der Waals surface area contributed by atoms with Gasteiger partial charge in [0.2, 0.25) is 10.0 Å². The van der Waals surface area contributed by atoms with Crippen LogP contribution in [0.4, 0.5) is 10.1 Å². The predicted molar refractivity (Wildman–Crippen MR) is 90.8 cm³/mol. The summed E-state index contributed by atoms with van der Waals surface area (Å²) in [4.78, 5) is 11.8. The predicted octanol–water partition coefficient (Wildman–Crippen LogP) is 2.56. The van der Waals surface area contributed by atoms with Gasteiger partial charge in [-0.2, -0.15) is 0 Å². The molecular formula is C15H14BrFN2O4S. The monoisotopic (exact) mass is 416 g/mol. The Balaban J connectivity index is 2.05. The Morgan fingerprint density at radius 3 is 2.62 bits per heavy atom. The lowest BCUT2D eigenvalue weighted by atomic mass is 10.2. The van der Waals surface area contributed by atoms with Gasteiger partial charge in [-0.15, -0.1) is 0 Å². The van der Waals surface area contributed by atoms with E-state index in [1.165, 1.54) is 30.3 Å². The van der Waals surface area contributed by atoms with Gasteiger partial charge in [0.05, 0.1) is 4.90 Å². The van der Waals surface area contributed by atoms with Crippen molar-refractivity contribution in [3.05, 3.63) is 52.3 Å². The number of anilines is 1. The van der Waals surface area contributed by atoms with Crippen LogP contribution in [0.25, 0.3) is 0 Å². The highest BCUT2D eigenvalue weighted by Crippen LogP contribution is 2.22. The van der Waals surface area contributed by atoms with E-state index in [4.69, 9.17) is 9.88 Å². The Bertz CT molecular complexity index is 887. The van der Waals surface area contributed by atoms with Gasteiger partial charge in [0.15, 0.2) is 18.2 Å². The van der Waals surface area contributed by atoms with Crippen molar-refractivity contribution in [2.45, 2.75) is 11.8 Å². The maximum atomic E-state index is 13.6. The second-order valence-corrected chi connectivity index (χ2v) is 7.38. The highest BCUT2D eigenvalue weighted by molar-refractivity contribution is 9.10. The summed E-state index contributed by atoms with van der Waals surface area (Å²) in [6.07, 6.45) is 0. The molecule has 0 atom stereocenters. The first-order chi connectivity index (χ1) is 11.2. The molecule has 0 saturated heterocycles. The van der Waals surface area contributed by atoms with E-state index < -0.39 is 28.4 Å². The molecule has 1 amide bonds. The number of aryl methyl sites for hydroxylation is 1. The van der Waals surface area contributed by atoms with Crippen LogP contribution in [0.3, 0.4) is 0 Å². The number of hydrogen-bond acceptors (Lipinski definition) is 4. The quantitative estimate of drug-likeness (QED) is 0.781. The summed E-state index contributed by atoms with van der Waals surface area (Å²) in [6, 6.07) is 8.48. The third kappa shape index (κ3) is 4.76. The van der Waals surface area contributed by atoms with Gasteiger partial charge in [0.1, 0.15) is 0 Å². The van der Waals surface area contributed by atoms with Gasteiger partial charge < -0.3 is 10.1 Å². The lowest BCUT2D eigenvalue weighted by Crippen LogP contribution is -2.21. The van der Waals surface area contributed by atoms with E-state index >= 15 is 0 Å². The van der Waals surface area contributed by atoms with Gasteiger partial charge in [-0.1, -0.05) is 22.0 Å². The number of amides is 1. The largest absolute Gasteiger partial charge is 0.481 e. The van der Waals surface area contributed by atoms with Crippen LogP contribution in [-0.2, 0) is 14.8 Å². The van der Waals surface area contributed by atoms with E-state index in [0.717, 1.165) is 0 Å². The summed E-state index contributed by atoms with van der Waals surface area (Å²) >= 11 is 3.11. The molecule has 0 fully saturated rings. The van der Waals surface area contributed by atoms with E-state index in [1.54, 1.807) is 13.0 Å². The molecule has 0 heterocycles. The van der Waals surface area contributed by atoms with Gasteiger partial charge >= 0.3 is 0 Å². The molecule has 0 bridgehead atoms. The van der Waals surface area contributed by atoms with Gasteiger partial charge in [-0.25, -0.2) is 17.9 Å². The van der Waals surface area contributed by atoms with Gasteiger partial charge in [0, 0.05) is 10.2 Å². The Labute approximate surface area is 147 Å². The zero-order chi connectivity index (χ0) is 17.9. The van der Waals surface area contributed by atoms with Gasteiger partial charge in [0.25, 0.3) is 5.91 Å². The molecule has 0 aliphatic rings. The van der Waals surface area contributed by atoms with E-state index in [1.807, 2.05) is 0 Å². The molecule has 0 unspecified atom stereocenters. The highest BCUT2D eigenvalue weighted by Gasteiger charge is 2.14. The number of ether oxygens (including phenoxy) is 1. The average Bonchev–Trinajstić information content (AvgIpc) is 2.47. The number of nitrogens with two attached hydrogens (primary N) is 1. The molecule has 0 aliphatic carbocycles.